The second-order valence-corrected chi connectivity index (χ2v) is 8.29. The molecule has 1 fully saturated rings. The summed E-state index contributed by atoms with van der Waals surface area (Å²) < 4.78 is 27.7. The van der Waals surface area contributed by atoms with Crippen LogP contribution in [0.15, 0.2) is 53.4 Å². The Morgan fingerprint density at radius 2 is 1.79 bits per heavy atom. The molecule has 4 nitrogen and oxygen atoms in total. The van der Waals surface area contributed by atoms with E-state index in [0.29, 0.717) is 17.4 Å². The van der Waals surface area contributed by atoms with Crippen LogP contribution in [0, 0.1) is 19.8 Å². The van der Waals surface area contributed by atoms with Crippen molar-refractivity contribution in [2.24, 2.45) is 5.92 Å². The fourth-order valence-corrected chi connectivity index (χ4v) is 4.51. The standard InChI is InChI=1S/C19H24N2O2S/c1-15-7-9-18(10-8-15)21-12-11-17(14-21)13-20-24(22,23)19-6-4-3-5-16(19)2/h3-10,17,20H,11-14H2,1-2H3. The van der Waals surface area contributed by atoms with E-state index in [1.165, 1.54) is 11.3 Å². The molecule has 128 valence electrons. The molecule has 0 radical (unpaired) electrons. The van der Waals surface area contributed by atoms with Crippen molar-refractivity contribution in [3.63, 3.8) is 0 Å². The lowest BCUT2D eigenvalue weighted by Gasteiger charge is -2.19. The Morgan fingerprint density at radius 3 is 2.50 bits per heavy atom. The maximum Gasteiger partial charge on any atom is 0.240 e. The first kappa shape index (κ1) is 17.0. The molecule has 0 spiro atoms. The van der Waals surface area contributed by atoms with E-state index in [2.05, 4.69) is 40.8 Å². The number of nitrogens with zero attached hydrogens (tertiary/aromatic N) is 1. The van der Waals surface area contributed by atoms with Gasteiger partial charge in [0.25, 0.3) is 0 Å². The fourth-order valence-electron chi connectivity index (χ4n) is 3.15. The zero-order valence-corrected chi connectivity index (χ0v) is 15.0. The van der Waals surface area contributed by atoms with E-state index in [4.69, 9.17) is 0 Å². The molecule has 1 N–H and O–H groups in total. The molecule has 2 aromatic carbocycles. The van der Waals surface area contributed by atoms with Crippen molar-refractivity contribution in [3.8, 4) is 0 Å². The fraction of sp³-hybridized carbons (Fsp3) is 0.368. The molecule has 1 saturated heterocycles. The minimum Gasteiger partial charge on any atom is -0.371 e. The molecule has 3 rings (SSSR count). The summed E-state index contributed by atoms with van der Waals surface area (Å²) in [7, 11) is -3.43. The molecule has 24 heavy (non-hydrogen) atoms. The van der Waals surface area contributed by atoms with Crippen molar-refractivity contribution in [2.75, 3.05) is 24.5 Å². The largest absolute Gasteiger partial charge is 0.371 e. The first-order valence-corrected chi connectivity index (χ1v) is 9.81. The van der Waals surface area contributed by atoms with E-state index in [1.54, 1.807) is 12.1 Å². The van der Waals surface area contributed by atoms with Gasteiger partial charge in [0.05, 0.1) is 4.90 Å². The molecular weight excluding hydrogens is 320 g/mol. The average molecular weight is 344 g/mol. The zero-order chi connectivity index (χ0) is 17.2. The first-order chi connectivity index (χ1) is 11.5. The normalized spacial score (nSPS) is 18.1. The third-order valence-electron chi connectivity index (χ3n) is 4.63. The predicted octanol–water partition coefficient (Wildman–Crippen LogP) is 3.11. The summed E-state index contributed by atoms with van der Waals surface area (Å²) >= 11 is 0. The van der Waals surface area contributed by atoms with E-state index in [1.807, 2.05) is 19.1 Å². The van der Waals surface area contributed by atoms with E-state index in [0.717, 1.165) is 25.1 Å². The van der Waals surface area contributed by atoms with Crippen LogP contribution in [0.3, 0.4) is 0 Å². The zero-order valence-electron chi connectivity index (χ0n) is 14.2. The number of rotatable bonds is 5. The van der Waals surface area contributed by atoms with Crippen LogP contribution >= 0.6 is 0 Å². The highest BCUT2D eigenvalue weighted by molar-refractivity contribution is 7.89. The molecule has 1 aliphatic heterocycles. The Kier molecular flexibility index (Phi) is 4.92. The molecule has 1 heterocycles. The van der Waals surface area contributed by atoms with Crippen LogP contribution in [0.2, 0.25) is 0 Å². The molecule has 0 bridgehead atoms. The van der Waals surface area contributed by atoms with Crippen LogP contribution in [0.25, 0.3) is 0 Å². The molecule has 1 atom stereocenters. The van der Waals surface area contributed by atoms with Gasteiger partial charge in [0.2, 0.25) is 10.0 Å². The molecule has 5 heteroatoms. The monoisotopic (exact) mass is 344 g/mol. The van der Waals surface area contributed by atoms with Gasteiger partial charge in [-0.05, 0) is 49.9 Å². The number of anilines is 1. The maximum atomic E-state index is 12.5. The highest BCUT2D eigenvalue weighted by Gasteiger charge is 2.25. The number of nitrogens with one attached hydrogen (secondary N) is 1. The van der Waals surface area contributed by atoms with Crippen molar-refractivity contribution < 1.29 is 8.42 Å². The smallest absolute Gasteiger partial charge is 0.240 e. The van der Waals surface area contributed by atoms with Crippen LogP contribution < -0.4 is 9.62 Å². The second kappa shape index (κ2) is 6.95. The van der Waals surface area contributed by atoms with E-state index < -0.39 is 10.0 Å². The minimum absolute atomic E-state index is 0.338. The topological polar surface area (TPSA) is 49.4 Å². The number of hydrogen-bond acceptors (Lipinski definition) is 3. The van der Waals surface area contributed by atoms with Gasteiger partial charge in [-0.2, -0.15) is 0 Å². The lowest BCUT2D eigenvalue weighted by atomic mass is 10.1. The number of hydrogen-bond donors (Lipinski definition) is 1. The van der Waals surface area contributed by atoms with Gasteiger partial charge in [0.15, 0.2) is 0 Å². The van der Waals surface area contributed by atoms with E-state index in [9.17, 15) is 8.42 Å². The third-order valence-corrected chi connectivity index (χ3v) is 6.21. The third kappa shape index (κ3) is 3.79. The quantitative estimate of drug-likeness (QED) is 0.907. The van der Waals surface area contributed by atoms with E-state index >= 15 is 0 Å². The lowest BCUT2D eigenvalue weighted by molar-refractivity contribution is 0.541. The number of sulfonamides is 1. The highest BCUT2D eigenvalue weighted by Crippen LogP contribution is 2.24. The van der Waals surface area contributed by atoms with E-state index in [-0.39, 0.29) is 0 Å². The van der Waals surface area contributed by atoms with Gasteiger partial charge in [0, 0.05) is 25.3 Å². The van der Waals surface area contributed by atoms with Crippen LogP contribution in [0.5, 0.6) is 0 Å². The van der Waals surface area contributed by atoms with Crippen LogP contribution in [-0.2, 0) is 10.0 Å². The Labute approximate surface area is 144 Å². The van der Waals surface area contributed by atoms with Crippen molar-refractivity contribution in [3.05, 3.63) is 59.7 Å². The van der Waals surface area contributed by atoms with Gasteiger partial charge in [0.1, 0.15) is 0 Å². The molecule has 2 aromatic rings. The Hall–Kier alpha value is -1.85. The van der Waals surface area contributed by atoms with Crippen molar-refractivity contribution >= 4 is 15.7 Å². The van der Waals surface area contributed by atoms with Gasteiger partial charge >= 0.3 is 0 Å². The van der Waals surface area contributed by atoms with Gasteiger partial charge in [-0.15, -0.1) is 0 Å². The van der Waals surface area contributed by atoms with Crippen LogP contribution in [-0.4, -0.2) is 28.1 Å². The Morgan fingerprint density at radius 1 is 1.08 bits per heavy atom. The summed E-state index contributed by atoms with van der Waals surface area (Å²) in [5.74, 6) is 0.338. The van der Waals surface area contributed by atoms with Crippen molar-refractivity contribution in [2.45, 2.75) is 25.2 Å². The summed E-state index contributed by atoms with van der Waals surface area (Å²) in [6, 6.07) is 15.6. The Balaban J connectivity index is 1.60. The first-order valence-electron chi connectivity index (χ1n) is 8.32. The Bertz CT molecular complexity index is 800. The SMILES string of the molecule is Cc1ccc(N2CCC(CNS(=O)(=O)c3ccccc3C)C2)cc1. The summed E-state index contributed by atoms with van der Waals surface area (Å²) in [5.41, 5.74) is 3.24. The van der Waals surface area contributed by atoms with Gasteiger partial charge < -0.3 is 4.90 Å². The molecule has 0 saturated carbocycles. The van der Waals surface area contributed by atoms with Crippen LogP contribution in [0.4, 0.5) is 5.69 Å². The van der Waals surface area contributed by atoms with Crippen molar-refractivity contribution in [1.29, 1.82) is 0 Å². The summed E-state index contributed by atoms with van der Waals surface area (Å²) in [5, 5.41) is 0. The molecule has 1 aliphatic rings. The van der Waals surface area contributed by atoms with Gasteiger partial charge in [-0.3, -0.25) is 0 Å². The van der Waals surface area contributed by atoms with Crippen molar-refractivity contribution in [1.82, 2.24) is 4.72 Å². The molecule has 0 aromatic heterocycles. The number of benzene rings is 2. The van der Waals surface area contributed by atoms with Gasteiger partial charge in [-0.25, -0.2) is 13.1 Å². The van der Waals surface area contributed by atoms with Gasteiger partial charge in [-0.1, -0.05) is 35.9 Å². The summed E-state index contributed by atoms with van der Waals surface area (Å²) in [6.07, 6.45) is 1.00. The highest BCUT2D eigenvalue weighted by atomic mass is 32.2. The molecule has 0 amide bonds. The maximum absolute atomic E-state index is 12.5. The summed E-state index contributed by atoms with van der Waals surface area (Å²) in [6.45, 7) is 6.25. The minimum atomic E-state index is -3.43. The second-order valence-electron chi connectivity index (χ2n) is 6.55. The van der Waals surface area contributed by atoms with Crippen LogP contribution in [0.1, 0.15) is 17.5 Å². The average Bonchev–Trinajstić information content (AvgIpc) is 3.03. The molecular formula is C19H24N2O2S. The molecule has 1 unspecified atom stereocenters. The number of aryl methyl sites for hydroxylation is 2. The summed E-state index contributed by atoms with van der Waals surface area (Å²) in [4.78, 5) is 2.70. The molecule has 0 aliphatic carbocycles. The lowest BCUT2D eigenvalue weighted by Crippen LogP contribution is -2.31. The predicted molar refractivity (Wildman–Crippen MR) is 97.9 cm³/mol.